The molecule has 6 heteroatoms. The smallest absolute Gasteiger partial charge is 0.223 e. The highest BCUT2D eigenvalue weighted by Gasteiger charge is 2.22. The normalized spacial score (nSPS) is 17.6. The van der Waals surface area contributed by atoms with Gasteiger partial charge in [-0.1, -0.05) is 0 Å². The highest BCUT2D eigenvalue weighted by atomic mass is 35.5. The zero-order chi connectivity index (χ0) is 15.2. The van der Waals surface area contributed by atoms with Crippen LogP contribution in [0.1, 0.15) is 18.9 Å². The predicted molar refractivity (Wildman–Crippen MR) is 89.2 cm³/mol. The molecule has 1 heterocycles. The van der Waals surface area contributed by atoms with Gasteiger partial charge in [0.25, 0.3) is 0 Å². The maximum Gasteiger partial charge on any atom is 0.223 e. The van der Waals surface area contributed by atoms with Gasteiger partial charge in [0.15, 0.2) is 0 Å². The summed E-state index contributed by atoms with van der Waals surface area (Å²) in [6.45, 7) is 4.61. The maximum absolute atomic E-state index is 12.4. The lowest BCUT2D eigenvalue weighted by molar-refractivity contribution is -0.133. The summed E-state index contributed by atoms with van der Waals surface area (Å²) >= 11 is 0. The molecule has 1 saturated heterocycles. The summed E-state index contributed by atoms with van der Waals surface area (Å²) in [5.41, 5.74) is 1.01. The molecule has 0 aliphatic carbocycles. The van der Waals surface area contributed by atoms with E-state index in [0.29, 0.717) is 12.8 Å². The number of amides is 1. The summed E-state index contributed by atoms with van der Waals surface area (Å²) in [6, 6.07) is 5.94. The average molecular weight is 329 g/mol. The van der Waals surface area contributed by atoms with E-state index in [-0.39, 0.29) is 24.4 Å². The summed E-state index contributed by atoms with van der Waals surface area (Å²) in [5.74, 6) is 1.79. The largest absolute Gasteiger partial charge is 0.497 e. The molecule has 1 aliphatic heterocycles. The third kappa shape index (κ3) is 4.52. The highest BCUT2D eigenvalue weighted by molar-refractivity contribution is 5.85. The predicted octanol–water partition coefficient (Wildman–Crippen LogP) is 1.88. The minimum absolute atomic E-state index is 0. The number of carbonyl (C=O) groups is 1. The van der Waals surface area contributed by atoms with Crippen molar-refractivity contribution in [1.82, 2.24) is 10.2 Å². The van der Waals surface area contributed by atoms with Crippen LogP contribution in [0.15, 0.2) is 18.2 Å². The molecular weight excluding hydrogens is 304 g/mol. The Bertz CT molecular complexity index is 496. The summed E-state index contributed by atoms with van der Waals surface area (Å²) in [7, 11) is 3.28. The molecule has 0 spiro atoms. The van der Waals surface area contributed by atoms with Gasteiger partial charge in [0.05, 0.1) is 14.2 Å². The Balaban J connectivity index is 0.00000242. The lowest BCUT2D eigenvalue weighted by atomic mass is 10.1. The summed E-state index contributed by atoms with van der Waals surface area (Å²) in [6.07, 6.45) is 1.16. The Hall–Kier alpha value is -1.46. The zero-order valence-corrected chi connectivity index (χ0v) is 14.2. The van der Waals surface area contributed by atoms with Gasteiger partial charge < -0.3 is 19.7 Å². The fraction of sp³-hybridized carbons (Fsp3) is 0.562. The zero-order valence-electron chi connectivity index (χ0n) is 13.4. The molecule has 124 valence electrons. The molecule has 2 rings (SSSR count). The van der Waals surface area contributed by atoms with Crippen LogP contribution in [-0.2, 0) is 11.2 Å². The van der Waals surface area contributed by atoms with Crippen LogP contribution in [0.25, 0.3) is 0 Å². The minimum Gasteiger partial charge on any atom is -0.497 e. The van der Waals surface area contributed by atoms with Gasteiger partial charge in [-0.2, -0.15) is 0 Å². The first kappa shape index (κ1) is 18.6. The minimum atomic E-state index is 0. The highest BCUT2D eigenvalue weighted by Crippen LogP contribution is 2.25. The molecule has 1 aromatic carbocycles. The Morgan fingerprint density at radius 2 is 2.14 bits per heavy atom. The van der Waals surface area contributed by atoms with Crippen molar-refractivity contribution in [1.29, 1.82) is 0 Å². The van der Waals surface area contributed by atoms with Gasteiger partial charge in [-0.05, 0) is 37.1 Å². The Morgan fingerprint density at radius 1 is 1.36 bits per heavy atom. The second-order valence-corrected chi connectivity index (χ2v) is 5.32. The molecule has 1 atom stereocenters. The molecule has 5 nitrogen and oxygen atoms in total. The first-order valence-electron chi connectivity index (χ1n) is 7.36. The molecule has 0 radical (unpaired) electrons. The van der Waals surface area contributed by atoms with Gasteiger partial charge in [-0.25, -0.2) is 0 Å². The van der Waals surface area contributed by atoms with E-state index in [1.807, 2.05) is 23.1 Å². The average Bonchev–Trinajstić information content (AvgIpc) is 2.52. The monoisotopic (exact) mass is 328 g/mol. The summed E-state index contributed by atoms with van der Waals surface area (Å²) in [5, 5.41) is 3.30. The standard InChI is InChI=1S/C16H24N2O3.ClH/c1-12-11-17-8-9-18(12)16(19)7-4-13-10-14(20-2)5-6-15(13)21-3;/h5-6,10,12,17H,4,7-9,11H2,1-3H3;1H. The van der Waals surface area contributed by atoms with Crippen molar-refractivity contribution >= 4 is 18.3 Å². The van der Waals surface area contributed by atoms with Crippen molar-refractivity contribution in [3.63, 3.8) is 0 Å². The third-order valence-corrected chi connectivity index (χ3v) is 3.92. The van der Waals surface area contributed by atoms with Crippen molar-refractivity contribution < 1.29 is 14.3 Å². The Kier molecular flexibility index (Phi) is 7.48. The van der Waals surface area contributed by atoms with E-state index < -0.39 is 0 Å². The molecule has 0 bridgehead atoms. The molecule has 1 aliphatic rings. The van der Waals surface area contributed by atoms with Gasteiger partial charge >= 0.3 is 0 Å². The van der Waals surface area contributed by atoms with Crippen molar-refractivity contribution in [3.05, 3.63) is 23.8 Å². The van der Waals surface area contributed by atoms with Crippen LogP contribution in [0.2, 0.25) is 0 Å². The number of aryl methyl sites for hydroxylation is 1. The number of piperazine rings is 1. The molecule has 1 N–H and O–H groups in total. The molecule has 1 unspecified atom stereocenters. The first-order valence-corrected chi connectivity index (χ1v) is 7.36. The van der Waals surface area contributed by atoms with Crippen LogP contribution in [0.3, 0.4) is 0 Å². The van der Waals surface area contributed by atoms with Gasteiger partial charge in [0.2, 0.25) is 5.91 Å². The molecule has 1 fully saturated rings. The number of nitrogens with zero attached hydrogens (tertiary/aromatic N) is 1. The second kappa shape index (κ2) is 8.86. The van der Waals surface area contributed by atoms with Gasteiger partial charge in [-0.15, -0.1) is 12.4 Å². The van der Waals surface area contributed by atoms with Crippen LogP contribution in [-0.4, -0.2) is 50.7 Å². The molecule has 1 amide bonds. The Labute approximate surface area is 138 Å². The van der Waals surface area contributed by atoms with Crippen LogP contribution in [0, 0.1) is 0 Å². The SMILES string of the molecule is COc1ccc(OC)c(CCC(=O)N2CCNCC2C)c1.Cl. The molecular formula is C16H25ClN2O3. The summed E-state index contributed by atoms with van der Waals surface area (Å²) < 4.78 is 10.6. The molecule has 0 saturated carbocycles. The van der Waals surface area contributed by atoms with Gasteiger partial charge in [0.1, 0.15) is 11.5 Å². The first-order chi connectivity index (χ1) is 10.2. The fourth-order valence-corrected chi connectivity index (χ4v) is 2.67. The number of rotatable bonds is 5. The molecule has 1 aromatic rings. The van der Waals surface area contributed by atoms with E-state index in [4.69, 9.17) is 9.47 Å². The molecule has 22 heavy (non-hydrogen) atoms. The second-order valence-electron chi connectivity index (χ2n) is 5.32. The number of hydrogen-bond donors (Lipinski definition) is 1. The molecule has 0 aromatic heterocycles. The van der Waals surface area contributed by atoms with Crippen LogP contribution >= 0.6 is 12.4 Å². The quantitative estimate of drug-likeness (QED) is 0.896. The van der Waals surface area contributed by atoms with E-state index >= 15 is 0 Å². The van der Waals surface area contributed by atoms with Crippen LogP contribution in [0.4, 0.5) is 0 Å². The maximum atomic E-state index is 12.4. The fourth-order valence-electron chi connectivity index (χ4n) is 2.67. The number of methoxy groups -OCH3 is 2. The summed E-state index contributed by atoms with van der Waals surface area (Å²) in [4.78, 5) is 14.3. The van der Waals surface area contributed by atoms with Crippen molar-refractivity contribution in [2.75, 3.05) is 33.9 Å². The van der Waals surface area contributed by atoms with Gasteiger partial charge in [0, 0.05) is 32.1 Å². The topological polar surface area (TPSA) is 50.8 Å². The van der Waals surface area contributed by atoms with E-state index in [0.717, 1.165) is 36.7 Å². The van der Waals surface area contributed by atoms with Crippen LogP contribution in [0.5, 0.6) is 11.5 Å². The van der Waals surface area contributed by atoms with E-state index in [1.54, 1.807) is 14.2 Å². The van der Waals surface area contributed by atoms with Crippen molar-refractivity contribution in [3.8, 4) is 11.5 Å². The number of hydrogen-bond acceptors (Lipinski definition) is 4. The van der Waals surface area contributed by atoms with E-state index in [1.165, 1.54) is 0 Å². The lowest BCUT2D eigenvalue weighted by Gasteiger charge is -2.34. The number of benzene rings is 1. The lowest BCUT2D eigenvalue weighted by Crippen LogP contribution is -2.52. The van der Waals surface area contributed by atoms with Gasteiger partial charge in [-0.3, -0.25) is 4.79 Å². The number of carbonyl (C=O) groups excluding carboxylic acids is 1. The van der Waals surface area contributed by atoms with Crippen LogP contribution < -0.4 is 14.8 Å². The number of ether oxygens (including phenoxy) is 2. The van der Waals surface area contributed by atoms with E-state index in [9.17, 15) is 4.79 Å². The Morgan fingerprint density at radius 3 is 2.77 bits per heavy atom. The third-order valence-electron chi connectivity index (χ3n) is 3.92. The number of nitrogens with one attached hydrogen (secondary N) is 1. The number of halogens is 1. The van der Waals surface area contributed by atoms with Crippen molar-refractivity contribution in [2.45, 2.75) is 25.8 Å². The van der Waals surface area contributed by atoms with Crippen molar-refractivity contribution in [2.24, 2.45) is 0 Å². The van der Waals surface area contributed by atoms with E-state index in [2.05, 4.69) is 12.2 Å².